The van der Waals surface area contributed by atoms with E-state index in [4.69, 9.17) is 0 Å². The number of hydrogen-bond donors (Lipinski definition) is 1. The number of carbonyl (C=O) groups is 1. The Morgan fingerprint density at radius 2 is 2.05 bits per heavy atom. The van der Waals surface area contributed by atoms with Crippen LogP contribution in [0.15, 0.2) is 28.9 Å². The molecule has 1 aromatic carbocycles. The standard InChI is InChI=1S/C15H15BrN2O2/c1-8(2)13-11(15(19)20)7-17-14(18-13)10-5-4-9(3)6-12(10)16/h4-8H,1-3H3,(H,19,20). The smallest absolute Gasteiger partial charge is 0.339 e. The Balaban J connectivity index is 2.59. The van der Waals surface area contributed by atoms with Crippen LogP contribution in [0.4, 0.5) is 0 Å². The van der Waals surface area contributed by atoms with Crippen LogP contribution in [0, 0.1) is 6.92 Å². The largest absolute Gasteiger partial charge is 0.478 e. The van der Waals surface area contributed by atoms with Crippen molar-refractivity contribution in [3.63, 3.8) is 0 Å². The third-order valence-corrected chi connectivity index (χ3v) is 3.62. The minimum Gasteiger partial charge on any atom is -0.478 e. The van der Waals surface area contributed by atoms with E-state index in [2.05, 4.69) is 25.9 Å². The first-order valence-electron chi connectivity index (χ1n) is 6.27. The average Bonchev–Trinajstić information content (AvgIpc) is 2.37. The Morgan fingerprint density at radius 1 is 1.35 bits per heavy atom. The summed E-state index contributed by atoms with van der Waals surface area (Å²) in [6.07, 6.45) is 1.38. The van der Waals surface area contributed by atoms with E-state index in [0.29, 0.717) is 11.5 Å². The summed E-state index contributed by atoms with van der Waals surface area (Å²) in [5.41, 5.74) is 2.70. The normalized spacial score (nSPS) is 10.8. The van der Waals surface area contributed by atoms with E-state index in [-0.39, 0.29) is 11.5 Å². The number of aromatic carboxylic acids is 1. The van der Waals surface area contributed by atoms with E-state index in [1.165, 1.54) is 6.20 Å². The van der Waals surface area contributed by atoms with Crippen LogP contribution in [-0.2, 0) is 0 Å². The first-order valence-corrected chi connectivity index (χ1v) is 7.06. The van der Waals surface area contributed by atoms with Gasteiger partial charge in [0.2, 0.25) is 0 Å². The fraction of sp³-hybridized carbons (Fsp3) is 0.267. The fourth-order valence-corrected chi connectivity index (χ4v) is 2.60. The van der Waals surface area contributed by atoms with Crippen molar-refractivity contribution < 1.29 is 9.90 Å². The van der Waals surface area contributed by atoms with Crippen molar-refractivity contribution in [2.75, 3.05) is 0 Å². The predicted molar refractivity (Wildman–Crippen MR) is 81.0 cm³/mol. The number of halogens is 1. The van der Waals surface area contributed by atoms with E-state index in [1.807, 2.05) is 39.0 Å². The summed E-state index contributed by atoms with van der Waals surface area (Å²) in [6.45, 7) is 5.84. The van der Waals surface area contributed by atoms with Crippen molar-refractivity contribution in [3.05, 3.63) is 45.7 Å². The Labute approximate surface area is 126 Å². The SMILES string of the molecule is Cc1ccc(-c2ncc(C(=O)O)c(C(C)C)n2)c(Br)c1. The zero-order chi connectivity index (χ0) is 14.9. The molecule has 0 radical (unpaired) electrons. The molecule has 0 spiro atoms. The van der Waals surface area contributed by atoms with Gasteiger partial charge in [-0.1, -0.05) is 35.8 Å². The fourth-order valence-electron chi connectivity index (χ4n) is 1.93. The highest BCUT2D eigenvalue weighted by atomic mass is 79.9. The van der Waals surface area contributed by atoms with Crippen LogP contribution in [0.1, 0.15) is 41.4 Å². The lowest BCUT2D eigenvalue weighted by Gasteiger charge is -2.11. The molecule has 0 bridgehead atoms. The van der Waals surface area contributed by atoms with Gasteiger partial charge >= 0.3 is 5.97 Å². The van der Waals surface area contributed by atoms with Crippen molar-refractivity contribution in [2.24, 2.45) is 0 Å². The van der Waals surface area contributed by atoms with Crippen molar-refractivity contribution in [3.8, 4) is 11.4 Å². The molecule has 4 nitrogen and oxygen atoms in total. The minimum atomic E-state index is -0.997. The van der Waals surface area contributed by atoms with Crippen molar-refractivity contribution in [2.45, 2.75) is 26.7 Å². The van der Waals surface area contributed by atoms with Crippen LogP contribution in [0.2, 0.25) is 0 Å². The number of benzene rings is 1. The zero-order valence-electron chi connectivity index (χ0n) is 11.5. The maximum atomic E-state index is 11.2. The summed E-state index contributed by atoms with van der Waals surface area (Å²) in [5, 5.41) is 9.18. The molecule has 0 fully saturated rings. The summed E-state index contributed by atoms with van der Waals surface area (Å²) in [5.74, 6) is -0.444. The third-order valence-electron chi connectivity index (χ3n) is 2.96. The van der Waals surface area contributed by atoms with Crippen molar-refractivity contribution >= 4 is 21.9 Å². The minimum absolute atomic E-state index is 0.0204. The summed E-state index contributed by atoms with van der Waals surface area (Å²) < 4.78 is 0.898. The molecule has 2 rings (SSSR count). The molecule has 0 aliphatic heterocycles. The van der Waals surface area contributed by atoms with Gasteiger partial charge in [0, 0.05) is 16.2 Å². The third kappa shape index (κ3) is 2.88. The molecular formula is C15H15BrN2O2. The molecule has 20 heavy (non-hydrogen) atoms. The van der Waals surface area contributed by atoms with Gasteiger partial charge in [0.1, 0.15) is 0 Å². The molecule has 0 amide bonds. The molecule has 1 heterocycles. The average molecular weight is 335 g/mol. The van der Waals surface area contributed by atoms with Gasteiger partial charge in [-0.3, -0.25) is 0 Å². The Kier molecular flexibility index (Phi) is 4.18. The molecule has 0 aliphatic rings. The van der Waals surface area contributed by atoms with Gasteiger partial charge in [-0.2, -0.15) is 0 Å². The maximum Gasteiger partial charge on any atom is 0.339 e. The number of rotatable bonds is 3. The van der Waals surface area contributed by atoms with Gasteiger partial charge in [-0.25, -0.2) is 14.8 Å². The molecule has 5 heteroatoms. The van der Waals surface area contributed by atoms with E-state index < -0.39 is 5.97 Å². The van der Waals surface area contributed by atoms with Gasteiger partial charge in [-0.05, 0) is 30.5 Å². The van der Waals surface area contributed by atoms with Crippen LogP contribution in [0.3, 0.4) is 0 Å². The van der Waals surface area contributed by atoms with Crippen molar-refractivity contribution in [1.82, 2.24) is 9.97 Å². The molecule has 0 unspecified atom stereocenters. The van der Waals surface area contributed by atoms with E-state index in [1.54, 1.807) is 0 Å². The number of aryl methyl sites for hydroxylation is 1. The second kappa shape index (κ2) is 5.71. The molecule has 0 aliphatic carbocycles. The Bertz CT molecular complexity index is 669. The second-order valence-electron chi connectivity index (χ2n) is 4.94. The van der Waals surface area contributed by atoms with Crippen LogP contribution in [0.5, 0.6) is 0 Å². The first-order chi connectivity index (χ1) is 9.40. The lowest BCUT2D eigenvalue weighted by atomic mass is 10.0. The number of carboxylic acids is 1. The molecule has 104 valence electrons. The lowest BCUT2D eigenvalue weighted by molar-refractivity contribution is 0.0694. The lowest BCUT2D eigenvalue weighted by Crippen LogP contribution is -2.09. The van der Waals surface area contributed by atoms with Crippen molar-refractivity contribution in [1.29, 1.82) is 0 Å². The van der Waals surface area contributed by atoms with E-state index in [9.17, 15) is 9.90 Å². The molecule has 1 aromatic heterocycles. The summed E-state index contributed by atoms with van der Waals surface area (Å²) in [7, 11) is 0. The van der Waals surface area contributed by atoms with Gasteiger partial charge in [0.05, 0.1) is 11.3 Å². The highest BCUT2D eigenvalue weighted by Crippen LogP contribution is 2.28. The van der Waals surface area contributed by atoms with Crippen LogP contribution in [0.25, 0.3) is 11.4 Å². The highest BCUT2D eigenvalue weighted by Gasteiger charge is 2.17. The van der Waals surface area contributed by atoms with Gasteiger partial charge in [-0.15, -0.1) is 0 Å². The van der Waals surface area contributed by atoms with Crippen LogP contribution in [-0.4, -0.2) is 21.0 Å². The first kappa shape index (κ1) is 14.7. The molecule has 0 saturated heterocycles. The van der Waals surface area contributed by atoms with Gasteiger partial charge in [0.25, 0.3) is 0 Å². The Morgan fingerprint density at radius 3 is 2.60 bits per heavy atom. The Hall–Kier alpha value is -1.75. The van der Waals surface area contributed by atoms with Gasteiger partial charge in [0.15, 0.2) is 5.82 Å². The van der Waals surface area contributed by atoms with Crippen LogP contribution >= 0.6 is 15.9 Å². The number of aromatic nitrogens is 2. The molecule has 0 atom stereocenters. The van der Waals surface area contributed by atoms with Crippen LogP contribution < -0.4 is 0 Å². The molecular weight excluding hydrogens is 320 g/mol. The number of carboxylic acid groups (broad SMARTS) is 1. The molecule has 1 N–H and O–H groups in total. The van der Waals surface area contributed by atoms with E-state index in [0.717, 1.165) is 15.6 Å². The monoisotopic (exact) mass is 334 g/mol. The number of nitrogens with zero attached hydrogens (tertiary/aromatic N) is 2. The molecule has 0 saturated carbocycles. The summed E-state index contributed by atoms with van der Waals surface area (Å²) in [6, 6.07) is 5.89. The second-order valence-corrected chi connectivity index (χ2v) is 5.79. The maximum absolute atomic E-state index is 11.2. The summed E-state index contributed by atoms with van der Waals surface area (Å²) in [4.78, 5) is 19.8. The number of hydrogen-bond acceptors (Lipinski definition) is 3. The van der Waals surface area contributed by atoms with Gasteiger partial charge < -0.3 is 5.11 Å². The van der Waals surface area contributed by atoms with E-state index >= 15 is 0 Å². The predicted octanol–water partition coefficient (Wildman–Crippen LogP) is 4.04. The highest BCUT2D eigenvalue weighted by molar-refractivity contribution is 9.10. The molecule has 2 aromatic rings. The summed E-state index contributed by atoms with van der Waals surface area (Å²) >= 11 is 3.50. The zero-order valence-corrected chi connectivity index (χ0v) is 13.1. The topological polar surface area (TPSA) is 63.1 Å². The quantitative estimate of drug-likeness (QED) is 0.920.